The van der Waals surface area contributed by atoms with Crippen molar-refractivity contribution < 1.29 is 33.3 Å². The molecule has 0 aromatic heterocycles. The molecule has 0 bridgehead atoms. The van der Waals surface area contributed by atoms with Crippen LogP contribution in [0.15, 0.2) is 51.7 Å². The standard InChI is InChI=1S/C23H23FN8O5/c1-11(21(34)29-13-7-25-8-13)28-23(36)17-5-16(31-20-14(24)9-27-32(17)20)22(35)26-6-12-2-3-18-15(4-12)30-19(33)10-37-18/h2-5,9,11,13,25H,6-8,10H2,1H3,(H,26,35)(H,28,36)(H,29,34)(H,30,33)/p+1/t11-/m0/s1. The lowest BCUT2D eigenvalue weighted by molar-refractivity contribution is -0.820. The molecule has 6 N–H and O–H groups in total. The van der Waals surface area contributed by atoms with Gasteiger partial charge >= 0.3 is 5.91 Å². The summed E-state index contributed by atoms with van der Waals surface area (Å²) in [5.41, 5.74) is 0.868. The van der Waals surface area contributed by atoms with E-state index in [-0.39, 0.29) is 53.2 Å². The summed E-state index contributed by atoms with van der Waals surface area (Å²) in [6, 6.07) is 4.18. The summed E-state index contributed by atoms with van der Waals surface area (Å²) in [6.45, 7) is 2.83. The van der Waals surface area contributed by atoms with Crippen LogP contribution in [0.2, 0.25) is 0 Å². The van der Waals surface area contributed by atoms with Crippen molar-refractivity contribution in [2.24, 2.45) is 10.1 Å². The number of rotatable bonds is 7. The number of nitrogens with one attached hydrogen (secondary N) is 6. The van der Waals surface area contributed by atoms with Crippen LogP contribution in [-0.4, -0.2) is 67.3 Å². The summed E-state index contributed by atoms with van der Waals surface area (Å²) >= 11 is 0. The van der Waals surface area contributed by atoms with Crippen LogP contribution in [-0.2, 0) is 25.7 Å². The van der Waals surface area contributed by atoms with Crippen LogP contribution >= 0.6 is 0 Å². The first-order valence-electron chi connectivity index (χ1n) is 11.6. The van der Waals surface area contributed by atoms with E-state index in [2.05, 4.69) is 36.7 Å². The minimum atomic E-state index is -0.873. The van der Waals surface area contributed by atoms with Gasteiger partial charge in [0, 0.05) is 25.7 Å². The number of benzene rings is 1. The van der Waals surface area contributed by atoms with Crippen LogP contribution in [0.25, 0.3) is 0 Å². The molecular weight excluding hydrogens is 487 g/mol. The molecule has 2 atom stereocenters. The molecule has 1 fully saturated rings. The van der Waals surface area contributed by atoms with Crippen molar-refractivity contribution in [1.29, 1.82) is 0 Å². The largest absolute Gasteiger partial charge is 0.482 e. The van der Waals surface area contributed by atoms with Crippen molar-refractivity contribution in [3.05, 3.63) is 47.2 Å². The number of carbonyl (C=O) groups excluding carboxylic acids is 4. The number of ether oxygens (including phenoxy) is 1. The van der Waals surface area contributed by atoms with Crippen LogP contribution in [0.1, 0.15) is 12.5 Å². The van der Waals surface area contributed by atoms with Crippen LogP contribution in [0.3, 0.4) is 0 Å². The lowest BCUT2D eigenvalue weighted by Crippen LogP contribution is -3.04. The molecule has 192 valence electrons. The number of aliphatic imine (C=N–C) groups is 1. The van der Waals surface area contributed by atoms with Gasteiger partial charge in [-0.05, 0) is 24.6 Å². The molecule has 4 amide bonds. The van der Waals surface area contributed by atoms with Crippen LogP contribution in [0, 0.1) is 0 Å². The highest BCUT2D eigenvalue weighted by Gasteiger charge is 2.39. The van der Waals surface area contributed by atoms with Crippen LogP contribution in [0.4, 0.5) is 10.1 Å². The van der Waals surface area contributed by atoms with Gasteiger partial charge in [-0.15, -0.1) is 5.01 Å². The molecule has 1 aromatic rings. The topological polar surface area (TPSA) is 167 Å². The van der Waals surface area contributed by atoms with E-state index in [4.69, 9.17) is 4.74 Å². The predicted molar refractivity (Wildman–Crippen MR) is 128 cm³/mol. The maximum Gasteiger partial charge on any atom is 0.309 e. The zero-order chi connectivity index (χ0) is 26.1. The number of allylic oxidation sites excluding steroid dienone is 1. The number of halogens is 1. The normalized spacial score (nSPS) is 20.8. The Morgan fingerprint density at radius 1 is 1.27 bits per heavy atom. The summed E-state index contributed by atoms with van der Waals surface area (Å²) in [7, 11) is 0. The second-order valence-electron chi connectivity index (χ2n) is 8.77. The average molecular weight is 511 g/mol. The predicted octanol–water partition coefficient (Wildman–Crippen LogP) is -2.41. The number of nitrogens with zero attached hydrogens (tertiary/aromatic N) is 2. The Hall–Kier alpha value is -4.43. The van der Waals surface area contributed by atoms with Gasteiger partial charge in [-0.25, -0.2) is 0 Å². The smallest absolute Gasteiger partial charge is 0.309 e. The van der Waals surface area contributed by atoms with Gasteiger partial charge in [0.05, 0.1) is 11.7 Å². The molecule has 0 spiro atoms. The molecule has 4 heterocycles. The molecule has 37 heavy (non-hydrogen) atoms. The Bertz CT molecular complexity index is 1320. The van der Waals surface area contributed by atoms with Gasteiger partial charge in [-0.3, -0.25) is 19.2 Å². The van der Waals surface area contributed by atoms with E-state index >= 15 is 0 Å². The number of hydrogen-bond donors (Lipinski definition) is 6. The SMILES string of the molecule is C[C@H](NC(=O)C1=CC(C(=O)NCc2ccc3c(c2)NC(=O)CO3)=NC2=C(F)C=N[NH+]12)C(=O)NC1CNC1. The zero-order valence-electron chi connectivity index (χ0n) is 19.7. The van der Waals surface area contributed by atoms with Crippen molar-refractivity contribution in [1.82, 2.24) is 21.3 Å². The monoisotopic (exact) mass is 511 g/mol. The Labute approximate surface area is 209 Å². The Morgan fingerprint density at radius 2 is 2.08 bits per heavy atom. The first-order valence-corrected chi connectivity index (χ1v) is 11.6. The van der Waals surface area contributed by atoms with Crippen molar-refractivity contribution in [2.45, 2.75) is 25.6 Å². The van der Waals surface area contributed by atoms with E-state index in [1.54, 1.807) is 18.2 Å². The second-order valence-corrected chi connectivity index (χ2v) is 8.77. The van der Waals surface area contributed by atoms with Gasteiger partial charge in [0.2, 0.25) is 17.4 Å². The molecular formula is C23H24FN8O5+. The number of hydrogen-bond acceptors (Lipinski definition) is 8. The van der Waals surface area contributed by atoms with Gasteiger partial charge in [0.1, 0.15) is 23.7 Å². The highest BCUT2D eigenvalue weighted by Crippen LogP contribution is 2.28. The first-order chi connectivity index (χ1) is 17.8. The molecule has 0 aliphatic carbocycles. The van der Waals surface area contributed by atoms with E-state index in [0.717, 1.165) is 6.21 Å². The minimum Gasteiger partial charge on any atom is -0.482 e. The van der Waals surface area contributed by atoms with Gasteiger partial charge in [-0.2, -0.15) is 9.38 Å². The molecule has 4 aliphatic rings. The third-order valence-corrected chi connectivity index (χ3v) is 6.00. The third kappa shape index (κ3) is 5.10. The summed E-state index contributed by atoms with van der Waals surface area (Å²) in [5.74, 6) is -2.50. The van der Waals surface area contributed by atoms with E-state index in [9.17, 15) is 23.6 Å². The van der Waals surface area contributed by atoms with Crippen LogP contribution in [0.5, 0.6) is 5.75 Å². The highest BCUT2D eigenvalue weighted by atomic mass is 19.1. The molecule has 4 aliphatic heterocycles. The fourth-order valence-corrected chi connectivity index (χ4v) is 3.88. The van der Waals surface area contributed by atoms with Gasteiger partial charge < -0.3 is 31.3 Å². The number of fused-ring (bicyclic) bond motifs is 2. The van der Waals surface area contributed by atoms with E-state index in [0.29, 0.717) is 30.1 Å². The Balaban J connectivity index is 1.27. The average Bonchev–Trinajstić information content (AvgIpc) is 3.24. The molecule has 1 saturated heterocycles. The lowest BCUT2D eigenvalue weighted by atomic mass is 10.1. The fourth-order valence-electron chi connectivity index (χ4n) is 3.88. The minimum absolute atomic E-state index is 0.000434. The quantitative estimate of drug-likeness (QED) is 0.238. The molecule has 1 unspecified atom stereocenters. The number of carbonyl (C=O) groups is 4. The number of amides is 4. The number of quaternary nitrogens is 1. The van der Waals surface area contributed by atoms with E-state index < -0.39 is 23.7 Å². The van der Waals surface area contributed by atoms with Gasteiger partial charge in [-0.1, -0.05) is 11.2 Å². The lowest BCUT2D eigenvalue weighted by Gasteiger charge is -2.29. The summed E-state index contributed by atoms with van der Waals surface area (Å²) in [6.07, 6.45) is 2.13. The Kier molecular flexibility index (Phi) is 6.50. The molecule has 0 saturated carbocycles. The summed E-state index contributed by atoms with van der Waals surface area (Å²) in [5, 5.41) is 17.7. The molecule has 13 nitrogen and oxygen atoms in total. The highest BCUT2D eigenvalue weighted by molar-refractivity contribution is 6.44. The van der Waals surface area contributed by atoms with E-state index in [1.165, 1.54) is 13.0 Å². The summed E-state index contributed by atoms with van der Waals surface area (Å²) in [4.78, 5) is 53.8. The molecule has 0 radical (unpaired) electrons. The van der Waals surface area contributed by atoms with Crippen molar-refractivity contribution >= 4 is 41.2 Å². The third-order valence-electron chi connectivity index (χ3n) is 6.00. The van der Waals surface area contributed by atoms with E-state index in [1.807, 2.05) is 0 Å². The van der Waals surface area contributed by atoms with Crippen molar-refractivity contribution in [3.8, 4) is 5.75 Å². The van der Waals surface area contributed by atoms with Crippen LogP contribution < -0.4 is 36.3 Å². The van der Waals surface area contributed by atoms with Crippen molar-refractivity contribution in [2.75, 3.05) is 25.0 Å². The fraction of sp³-hybridized carbons (Fsp3) is 0.304. The molecule has 5 rings (SSSR count). The van der Waals surface area contributed by atoms with Crippen molar-refractivity contribution in [3.63, 3.8) is 0 Å². The number of anilines is 1. The maximum absolute atomic E-state index is 14.4. The zero-order valence-corrected chi connectivity index (χ0v) is 19.7. The second kappa shape index (κ2) is 9.91. The molecule has 14 heteroatoms. The maximum atomic E-state index is 14.4. The van der Waals surface area contributed by atoms with Gasteiger partial charge in [0.25, 0.3) is 17.6 Å². The van der Waals surface area contributed by atoms with Gasteiger partial charge in [0.15, 0.2) is 6.61 Å². The summed E-state index contributed by atoms with van der Waals surface area (Å²) < 4.78 is 19.7. The Morgan fingerprint density at radius 3 is 2.84 bits per heavy atom. The first kappa shape index (κ1) is 24.3. The molecule has 1 aromatic carbocycles.